The Morgan fingerprint density at radius 3 is 2.88 bits per heavy atom. The van der Waals surface area contributed by atoms with E-state index >= 15 is 0 Å². The summed E-state index contributed by atoms with van der Waals surface area (Å²) in [5.74, 6) is 1.75. The summed E-state index contributed by atoms with van der Waals surface area (Å²) in [6, 6.07) is 4.16. The molecule has 0 aliphatic rings. The van der Waals surface area contributed by atoms with Gasteiger partial charge in [0, 0.05) is 17.8 Å². The Hall–Kier alpha value is -0.940. The Labute approximate surface area is 113 Å². The van der Waals surface area contributed by atoms with Crippen molar-refractivity contribution in [1.29, 1.82) is 0 Å². The van der Waals surface area contributed by atoms with Crippen LogP contribution in [-0.2, 0) is 6.42 Å². The SMILES string of the molecule is CCNc1nc(Cc2cccs2)nc(C)c1Br. The van der Waals surface area contributed by atoms with Crippen LogP contribution in [0.2, 0.25) is 0 Å². The van der Waals surface area contributed by atoms with E-state index in [4.69, 9.17) is 0 Å². The fourth-order valence-electron chi connectivity index (χ4n) is 1.55. The molecule has 0 atom stereocenters. The Morgan fingerprint density at radius 2 is 2.24 bits per heavy atom. The number of aromatic nitrogens is 2. The lowest BCUT2D eigenvalue weighted by Gasteiger charge is -2.09. The molecule has 2 aromatic rings. The molecule has 0 bridgehead atoms. The van der Waals surface area contributed by atoms with E-state index in [-0.39, 0.29) is 0 Å². The zero-order valence-electron chi connectivity index (χ0n) is 9.83. The van der Waals surface area contributed by atoms with E-state index in [0.29, 0.717) is 0 Å². The summed E-state index contributed by atoms with van der Waals surface area (Å²) in [6.07, 6.45) is 0.796. The van der Waals surface area contributed by atoms with Gasteiger partial charge in [-0.2, -0.15) is 0 Å². The summed E-state index contributed by atoms with van der Waals surface area (Å²) in [7, 11) is 0. The molecule has 0 fully saturated rings. The monoisotopic (exact) mass is 311 g/mol. The molecule has 0 saturated heterocycles. The van der Waals surface area contributed by atoms with Crippen LogP contribution in [0, 0.1) is 6.92 Å². The number of hydrogen-bond donors (Lipinski definition) is 1. The molecule has 0 amide bonds. The first-order chi connectivity index (χ1) is 8.20. The molecular formula is C12H14BrN3S. The van der Waals surface area contributed by atoms with Gasteiger partial charge < -0.3 is 5.32 Å². The Morgan fingerprint density at radius 1 is 1.41 bits per heavy atom. The van der Waals surface area contributed by atoms with Gasteiger partial charge in [-0.25, -0.2) is 9.97 Å². The van der Waals surface area contributed by atoms with Crippen LogP contribution in [0.3, 0.4) is 0 Å². The van der Waals surface area contributed by atoms with Crippen molar-refractivity contribution in [2.45, 2.75) is 20.3 Å². The Balaban J connectivity index is 2.28. The molecule has 2 rings (SSSR count). The molecule has 0 radical (unpaired) electrons. The lowest BCUT2D eigenvalue weighted by atomic mass is 10.3. The fourth-order valence-corrected chi connectivity index (χ4v) is 2.57. The number of hydrogen-bond acceptors (Lipinski definition) is 4. The largest absolute Gasteiger partial charge is 0.369 e. The number of rotatable bonds is 4. The summed E-state index contributed by atoms with van der Waals surface area (Å²) >= 11 is 5.24. The third-order valence-electron chi connectivity index (χ3n) is 2.32. The maximum absolute atomic E-state index is 4.54. The molecular weight excluding hydrogens is 298 g/mol. The minimum Gasteiger partial charge on any atom is -0.369 e. The van der Waals surface area contributed by atoms with Crippen LogP contribution >= 0.6 is 27.3 Å². The lowest BCUT2D eigenvalue weighted by Crippen LogP contribution is -2.06. The van der Waals surface area contributed by atoms with Gasteiger partial charge in [0.2, 0.25) is 0 Å². The predicted molar refractivity (Wildman–Crippen MR) is 75.8 cm³/mol. The summed E-state index contributed by atoms with van der Waals surface area (Å²) in [5, 5.41) is 5.32. The van der Waals surface area contributed by atoms with Crippen LogP contribution in [0.4, 0.5) is 5.82 Å². The molecule has 0 aliphatic heterocycles. The van der Waals surface area contributed by atoms with Crippen LogP contribution in [0.1, 0.15) is 23.3 Å². The number of thiophene rings is 1. The van der Waals surface area contributed by atoms with Gasteiger partial charge >= 0.3 is 0 Å². The van der Waals surface area contributed by atoms with Gasteiger partial charge in [0.25, 0.3) is 0 Å². The first-order valence-corrected chi connectivity index (χ1v) is 7.17. The van der Waals surface area contributed by atoms with Crippen LogP contribution in [0.25, 0.3) is 0 Å². The molecule has 17 heavy (non-hydrogen) atoms. The van der Waals surface area contributed by atoms with Crippen molar-refractivity contribution in [3.05, 3.63) is 38.4 Å². The number of anilines is 1. The number of nitrogens with one attached hydrogen (secondary N) is 1. The molecule has 5 heteroatoms. The van der Waals surface area contributed by atoms with E-state index in [0.717, 1.165) is 34.8 Å². The van der Waals surface area contributed by atoms with Gasteiger partial charge in [-0.1, -0.05) is 6.07 Å². The average molecular weight is 312 g/mol. The molecule has 3 nitrogen and oxygen atoms in total. The molecule has 0 unspecified atom stereocenters. The van der Waals surface area contributed by atoms with Crippen molar-refractivity contribution in [2.75, 3.05) is 11.9 Å². The molecule has 0 saturated carbocycles. The normalized spacial score (nSPS) is 10.5. The van der Waals surface area contributed by atoms with Crippen LogP contribution in [-0.4, -0.2) is 16.5 Å². The van der Waals surface area contributed by atoms with Crippen molar-refractivity contribution in [2.24, 2.45) is 0 Å². The number of nitrogens with zero attached hydrogens (tertiary/aromatic N) is 2. The van der Waals surface area contributed by atoms with Gasteiger partial charge in [0.15, 0.2) is 0 Å². The maximum Gasteiger partial charge on any atom is 0.144 e. The number of halogens is 1. The van der Waals surface area contributed by atoms with Gasteiger partial charge in [-0.05, 0) is 41.2 Å². The summed E-state index contributed by atoms with van der Waals surface area (Å²) < 4.78 is 0.953. The fraction of sp³-hybridized carbons (Fsp3) is 0.333. The van der Waals surface area contributed by atoms with Crippen LogP contribution in [0.5, 0.6) is 0 Å². The highest BCUT2D eigenvalue weighted by molar-refractivity contribution is 9.10. The molecule has 90 valence electrons. The van der Waals surface area contributed by atoms with E-state index < -0.39 is 0 Å². The Bertz CT molecular complexity index is 497. The van der Waals surface area contributed by atoms with Crippen molar-refractivity contribution < 1.29 is 0 Å². The highest BCUT2D eigenvalue weighted by Crippen LogP contribution is 2.24. The standard InChI is InChI=1S/C12H14BrN3S/c1-3-14-12-11(13)8(2)15-10(16-12)7-9-5-4-6-17-9/h4-6H,3,7H2,1-2H3,(H,14,15,16). The van der Waals surface area contributed by atoms with E-state index in [9.17, 15) is 0 Å². The second-order valence-corrected chi connectivity index (χ2v) is 5.50. The third-order valence-corrected chi connectivity index (χ3v) is 4.15. The molecule has 0 aromatic carbocycles. The maximum atomic E-state index is 4.54. The number of aryl methyl sites for hydroxylation is 1. The second kappa shape index (κ2) is 5.60. The molecule has 0 spiro atoms. The zero-order chi connectivity index (χ0) is 12.3. The van der Waals surface area contributed by atoms with E-state index in [1.165, 1.54) is 4.88 Å². The van der Waals surface area contributed by atoms with E-state index in [2.05, 4.69) is 55.7 Å². The molecule has 2 heterocycles. The van der Waals surface area contributed by atoms with Gasteiger partial charge in [0.05, 0.1) is 10.2 Å². The first-order valence-electron chi connectivity index (χ1n) is 5.50. The van der Waals surface area contributed by atoms with Gasteiger partial charge in [-0.15, -0.1) is 11.3 Å². The summed E-state index contributed by atoms with van der Waals surface area (Å²) in [4.78, 5) is 10.3. The summed E-state index contributed by atoms with van der Waals surface area (Å²) in [6.45, 7) is 4.90. The summed E-state index contributed by atoms with van der Waals surface area (Å²) in [5.41, 5.74) is 0.975. The quantitative estimate of drug-likeness (QED) is 0.937. The smallest absolute Gasteiger partial charge is 0.144 e. The third kappa shape index (κ3) is 3.04. The molecule has 2 aromatic heterocycles. The van der Waals surface area contributed by atoms with E-state index in [1.54, 1.807) is 11.3 Å². The average Bonchev–Trinajstić information content (AvgIpc) is 2.78. The predicted octanol–water partition coefficient (Wildman–Crippen LogP) is 3.63. The van der Waals surface area contributed by atoms with Gasteiger partial charge in [0.1, 0.15) is 11.6 Å². The Kier molecular flexibility index (Phi) is 4.12. The molecule has 0 aliphatic carbocycles. The van der Waals surface area contributed by atoms with E-state index in [1.807, 2.05) is 6.92 Å². The minimum absolute atomic E-state index is 0.796. The topological polar surface area (TPSA) is 37.8 Å². The highest BCUT2D eigenvalue weighted by atomic mass is 79.9. The van der Waals surface area contributed by atoms with Crippen molar-refractivity contribution in [1.82, 2.24) is 9.97 Å². The first kappa shape index (κ1) is 12.5. The van der Waals surface area contributed by atoms with Crippen molar-refractivity contribution in [3.8, 4) is 0 Å². The van der Waals surface area contributed by atoms with Crippen LogP contribution < -0.4 is 5.32 Å². The highest BCUT2D eigenvalue weighted by Gasteiger charge is 2.09. The van der Waals surface area contributed by atoms with Crippen molar-refractivity contribution in [3.63, 3.8) is 0 Å². The molecule has 1 N–H and O–H groups in total. The second-order valence-electron chi connectivity index (χ2n) is 3.67. The zero-order valence-corrected chi connectivity index (χ0v) is 12.2. The lowest BCUT2D eigenvalue weighted by molar-refractivity contribution is 0.939. The minimum atomic E-state index is 0.796. The van der Waals surface area contributed by atoms with Crippen LogP contribution in [0.15, 0.2) is 22.0 Å². The van der Waals surface area contributed by atoms with Crippen molar-refractivity contribution >= 4 is 33.1 Å². The van der Waals surface area contributed by atoms with Gasteiger partial charge in [-0.3, -0.25) is 0 Å².